The van der Waals surface area contributed by atoms with Crippen molar-refractivity contribution in [3.05, 3.63) is 89.5 Å². The largest absolute Gasteiger partial charge is 0.465 e. The van der Waals surface area contributed by atoms with Gasteiger partial charge in [0.1, 0.15) is 17.2 Å². The lowest BCUT2D eigenvalue weighted by molar-refractivity contribution is -0.0758. The Morgan fingerprint density at radius 3 is 0.814 bits per heavy atom. The smallest absolute Gasteiger partial charge is 0.196 e. The molecule has 3 aromatic rings. The molecule has 236 valence electrons. The summed E-state index contributed by atoms with van der Waals surface area (Å²) in [5, 5.41) is 0. The number of benzene rings is 3. The maximum Gasteiger partial charge on any atom is 0.196 e. The zero-order valence-electron chi connectivity index (χ0n) is 27.5. The summed E-state index contributed by atoms with van der Waals surface area (Å²) < 4.78 is 35.4. The average molecular weight is 593 g/mol. The molecule has 0 fully saturated rings. The van der Waals surface area contributed by atoms with Gasteiger partial charge in [-0.1, -0.05) is 77.9 Å². The van der Waals surface area contributed by atoms with Crippen LogP contribution in [0.15, 0.2) is 72.8 Å². The molecular formula is C37H52O6. The van der Waals surface area contributed by atoms with Crippen molar-refractivity contribution in [2.24, 2.45) is 17.8 Å². The SMILES string of the molecule is CC(C)COC(C)Oc1ccc(C(c2ccc(OC(C)OCC(C)C)cc2)c2ccc(OC(C)OCC(C)C)cc2)cc1. The highest BCUT2D eigenvalue weighted by Crippen LogP contribution is 2.35. The number of hydrogen-bond donors (Lipinski definition) is 0. The van der Waals surface area contributed by atoms with Gasteiger partial charge in [0.25, 0.3) is 0 Å². The quantitative estimate of drug-likeness (QED) is 0.108. The fraction of sp³-hybridized carbons (Fsp3) is 0.514. The molecule has 0 aliphatic rings. The first-order chi connectivity index (χ1) is 20.5. The Labute approximate surface area is 259 Å². The van der Waals surface area contributed by atoms with E-state index in [1.807, 2.05) is 57.2 Å². The van der Waals surface area contributed by atoms with Crippen molar-refractivity contribution in [2.45, 2.75) is 87.1 Å². The second-order valence-corrected chi connectivity index (χ2v) is 12.4. The molecule has 3 atom stereocenters. The maximum absolute atomic E-state index is 6.01. The Kier molecular flexibility index (Phi) is 13.8. The van der Waals surface area contributed by atoms with Gasteiger partial charge in [-0.2, -0.15) is 0 Å². The van der Waals surface area contributed by atoms with Crippen LogP contribution in [-0.4, -0.2) is 38.7 Å². The minimum atomic E-state index is -0.317. The molecular weight excluding hydrogens is 540 g/mol. The van der Waals surface area contributed by atoms with E-state index in [-0.39, 0.29) is 24.8 Å². The normalized spacial score (nSPS) is 14.5. The van der Waals surface area contributed by atoms with Crippen LogP contribution in [0.1, 0.15) is 84.9 Å². The number of hydrogen-bond acceptors (Lipinski definition) is 6. The summed E-state index contributed by atoms with van der Waals surface area (Å²) in [6, 6.07) is 24.8. The summed E-state index contributed by atoms with van der Waals surface area (Å²) >= 11 is 0. The van der Waals surface area contributed by atoms with Crippen LogP contribution in [0.4, 0.5) is 0 Å². The van der Waals surface area contributed by atoms with Crippen molar-refractivity contribution < 1.29 is 28.4 Å². The van der Waals surface area contributed by atoms with Gasteiger partial charge in [-0.3, -0.25) is 0 Å². The van der Waals surface area contributed by atoms with Crippen LogP contribution >= 0.6 is 0 Å². The molecule has 0 aliphatic heterocycles. The van der Waals surface area contributed by atoms with E-state index in [0.29, 0.717) is 37.6 Å². The van der Waals surface area contributed by atoms with Gasteiger partial charge < -0.3 is 28.4 Å². The van der Waals surface area contributed by atoms with Crippen molar-refractivity contribution >= 4 is 0 Å². The van der Waals surface area contributed by atoms with Gasteiger partial charge in [-0.15, -0.1) is 0 Å². The predicted molar refractivity (Wildman–Crippen MR) is 173 cm³/mol. The summed E-state index contributed by atoms with van der Waals surface area (Å²) in [6.07, 6.45) is -0.950. The molecule has 0 saturated carbocycles. The van der Waals surface area contributed by atoms with Gasteiger partial charge in [0, 0.05) is 5.92 Å². The summed E-state index contributed by atoms with van der Waals surface area (Å²) in [4.78, 5) is 0. The van der Waals surface area contributed by atoms with Crippen LogP contribution in [0.25, 0.3) is 0 Å². The van der Waals surface area contributed by atoms with E-state index in [2.05, 4.69) is 77.9 Å². The van der Waals surface area contributed by atoms with Gasteiger partial charge in [-0.25, -0.2) is 0 Å². The third-order valence-corrected chi connectivity index (χ3v) is 6.54. The molecule has 0 heterocycles. The van der Waals surface area contributed by atoms with E-state index >= 15 is 0 Å². The molecule has 0 N–H and O–H groups in total. The highest BCUT2D eigenvalue weighted by atomic mass is 16.7. The molecule has 0 radical (unpaired) electrons. The summed E-state index contributed by atoms with van der Waals surface area (Å²) in [7, 11) is 0. The Balaban J connectivity index is 1.81. The van der Waals surface area contributed by atoms with Crippen molar-refractivity contribution in [3.63, 3.8) is 0 Å². The minimum absolute atomic E-state index is 0.00371. The van der Waals surface area contributed by atoms with Gasteiger partial charge in [0.05, 0.1) is 19.8 Å². The number of ether oxygens (including phenoxy) is 6. The second-order valence-electron chi connectivity index (χ2n) is 12.4. The molecule has 3 unspecified atom stereocenters. The topological polar surface area (TPSA) is 55.4 Å². The first-order valence-electron chi connectivity index (χ1n) is 15.6. The first kappa shape index (κ1) is 34.4. The molecule has 43 heavy (non-hydrogen) atoms. The first-order valence-corrected chi connectivity index (χ1v) is 15.6. The molecule has 0 amide bonds. The summed E-state index contributed by atoms with van der Waals surface area (Å²) in [6.45, 7) is 20.5. The summed E-state index contributed by atoms with van der Waals surface area (Å²) in [5.74, 6) is 3.68. The molecule has 3 rings (SSSR count). The van der Waals surface area contributed by atoms with Gasteiger partial charge in [0.2, 0.25) is 0 Å². The van der Waals surface area contributed by atoms with Crippen molar-refractivity contribution in [3.8, 4) is 17.2 Å². The molecule has 0 bridgehead atoms. The maximum atomic E-state index is 6.01. The van der Waals surface area contributed by atoms with E-state index in [0.717, 1.165) is 33.9 Å². The highest BCUT2D eigenvalue weighted by molar-refractivity contribution is 5.46. The van der Waals surface area contributed by atoms with Crippen LogP contribution in [-0.2, 0) is 14.2 Å². The second kappa shape index (κ2) is 17.3. The lowest BCUT2D eigenvalue weighted by atomic mass is 9.85. The van der Waals surface area contributed by atoms with Crippen LogP contribution < -0.4 is 14.2 Å². The Morgan fingerprint density at radius 2 is 0.605 bits per heavy atom. The summed E-state index contributed by atoms with van der Waals surface area (Å²) in [5.41, 5.74) is 3.44. The average Bonchev–Trinajstić information content (AvgIpc) is 2.97. The van der Waals surface area contributed by atoms with Gasteiger partial charge >= 0.3 is 0 Å². The lowest BCUT2D eigenvalue weighted by Crippen LogP contribution is -2.19. The molecule has 0 spiro atoms. The lowest BCUT2D eigenvalue weighted by Gasteiger charge is -2.22. The Hall–Kier alpha value is -3.06. The molecule has 6 heteroatoms. The van der Waals surface area contributed by atoms with Crippen molar-refractivity contribution in [1.82, 2.24) is 0 Å². The third kappa shape index (κ3) is 12.2. The molecule has 0 saturated heterocycles. The fourth-order valence-electron chi connectivity index (χ4n) is 4.45. The van der Waals surface area contributed by atoms with Crippen LogP contribution in [0, 0.1) is 17.8 Å². The zero-order chi connectivity index (χ0) is 31.4. The Morgan fingerprint density at radius 1 is 0.372 bits per heavy atom. The van der Waals surface area contributed by atoms with Gasteiger partial charge in [0.15, 0.2) is 18.9 Å². The molecule has 3 aromatic carbocycles. The van der Waals surface area contributed by atoms with E-state index in [1.54, 1.807) is 0 Å². The molecule has 0 aliphatic carbocycles. The molecule has 6 nitrogen and oxygen atoms in total. The minimum Gasteiger partial charge on any atom is -0.465 e. The van der Waals surface area contributed by atoms with E-state index in [9.17, 15) is 0 Å². The van der Waals surface area contributed by atoms with E-state index in [1.165, 1.54) is 0 Å². The van der Waals surface area contributed by atoms with Crippen molar-refractivity contribution in [2.75, 3.05) is 19.8 Å². The predicted octanol–water partition coefficient (Wildman–Crippen LogP) is 9.06. The monoisotopic (exact) mass is 592 g/mol. The highest BCUT2D eigenvalue weighted by Gasteiger charge is 2.19. The number of rotatable bonds is 18. The van der Waals surface area contributed by atoms with Crippen LogP contribution in [0.5, 0.6) is 17.2 Å². The van der Waals surface area contributed by atoms with Crippen molar-refractivity contribution in [1.29, 1.82) is 0 Å². The molecule has 0 aromatic heterocycles. The van der Waals surface area contributed by atoms with Gasteiger partial charge in [-0.05, 0) is 91.6 Å². The van der Waals surface area contributed by atoms with Crippen LogP contribution in [0.3, 0.4) is 0 Å². The Bertz CT molecular complexity index is 1020. The fourth-order valence-corrected chi connectivity index (χ4v) is 4.45. The third-order valence-electron chi connectivity index (χ3n) is 6.54. The van der Waals surface area contributed by atoms with E-state index in [4.69, 9.17) is 28.4 Å². The van der Waals surface area contributed by atoms with E-state index < -0.39 is 0 Å². The zero-order valence-corrected chi connectivity index (χ0v) is 27.5. The standard InChI is InChI=1S/C37H52O6/c1-25(2)22-38-28(7)41-34-16-10-31(11-17-34)37(32-12-18-35(19-13-32)42-29(8)39-23-26(3)4)33-14-20-36(21-15-33)43-30(9)40-24-27(5)6/h10-21,25-30,37H,22-24H2,1-9H3. The van der Waals surface area contributed by atoms with Crippen LogP contribution in [0.2, 0.25) is 0 Å².